The van der Waals surface area contributed by atoms with Crippen molar-refractivity contribution >= 4 is 34.4 Å². The topological polar surface area (TPSA) is 98.1 Å². The summed E-state index contributed by atoms with van der Waals surface area (Å²) in [6.07, 6.45) is -5.70. The first kappa shape index (κ1) is 26.2. The van der Waals surface area contributed by atoms with Crippen molar-refractivity contribution in [1.29, 1.82) is 0 Å². The molecule has 1 aromatic carbocycles. The van der Waals surface area contributed by atoms with Crippen LogP contribution >= 0.6 is 11.6 Å². The highest BCUT2D eigenvalue weighted by Crippen LogP contribution is 2.34. The Morgan fingerprint density at radius 2 is 1.86 bits per heavy atom. The Balaban J connectivity index is 2.06. The van der Waals surface area contributed by atoms with E-state index in [4.69, 9.17) is 16.3 Å². The number of carbonyl (C=O) groups is 1. The predicted octanol–water partition coefficient (Wildman–Crippen LogP) is 4.84. The summed E-state index contributed by atoms with van der Waals surface area (Å²) in [6.45, 7) is 6.48. The van der Waals surface area contributed by atoms with Gasteiger partial charge in [-0.2, -0.15) is 13.2 Å². The van der Waals surface area contributed by atoms with Gasteiger partial charge in [-0.3, -0.25) is 9.36 Å². The number of alkyl halides is 3. The van der Waals surface area contributed by atoms with Crippen molar-refractivity contribution < 1.29 is 27.1 Å². The Morgan fingerprint density at radius 1 is 1.17 bits per heavy atom. The minimum absolute atomic E-state index is 0.0124. The summed E-state index contributed by atoms with van der Waals surface area (Å²) >= 11 is 5.93. The molecule has 3 aromatic rings. The quantitative estimate of drug-likeness (QED) is 0.287. The van der Waals surface area contributed by atoms with Crippen molar-refractivity contribution in [1.82, 2.24) is 19.9 Å². The number of amides is 1. The molecule has 2 N–H and O–H groups in total. The monoisotopic (exact) mass is 515 g/mol. The number of hydrogen-bond acceptors (Lipinski definition) is 6. The molecule has 0 unspecified atom stereocenters. The smallest absolute Gasteiger partial charge is 0.431 e. The van der Waals surface area contributed by atoms with Crippen molar-refractivity contribution in [2.45, 2.75) is 39.5 Å². The summed E-state index contributed by atoms with van der Waals surface area (Å²) in [5, 5.41) is 4.54. The van der Waals surface area contributed by atoms with Gasteiger partial charge in [0, 0.05) is 13.1 Å². The molecule has 0 radical (unpaired) electrons. The lowest BCUT2D eigenvalue weighted by Gasteiger charge is -2.20. The molecule has 3 rings (SSSR count). The van der Waals surface area contributed by atoms with Crippen LogP contribution in [-0.2, 0) is 10.9 Å². The summed E-state index contributed by atoms with van der Waals surface area (Å²) < 4.78 is 62.0. The number of hydrogen-bond donors (Lipinski definition) is 2. The van der Waals surface area contributed by atoms with Crippen LogP contribution in [0.1, 0.15) is 32.0 Å². The molecule has 0 atom stereocenters. The van der Waals surface area contributed by atoms with E-state index >= 15 is 0 Å². The first-order valence-corrected chi connectivity index (χ1v) is 10.7. The molecular formula is C22H22ClF4N5O3. The van der Waals surface area contributed by atoms with E-state index in [-0.39, 0.29) is 34.4 Å². The lowest BCUT2D eigenvalue weighted by atomic mass is 10.1. The van der Waals surface area contributed by atoms with Crippen LogP contribution in [0.5, 0.6) is 0 Å². The zero-order valence-corrected chi connectivity index (χ0v) is 19.9. The molecule has 0 saturated heterocycles. The Morgan fingerprint density at radius 3 is 2.46 bits per heavy atom. The lowest BCUT2D eigenvalue weighted by Crippen LogP contribution is -2.35. The summed E-state index contributed by atoms with van der Waals surface area (Å²) in [7, 11) is 0. The third kappa shape index (κ3) is 5.99. The average molecular weight is 516 g/mol. The second-order valence-corrected chi connectivity index (χ2v) is 8.87. The van der Waals surface area contributed by atoms with Gasteiger partial charge in [0.2, 0.25) is 5.28 Å². The Bertz CT molecular complexity index is 1320. The fourth-order valence-corrected chi connectivity index (χ4v) is 3.46. The van der Waals surface area contributed by atoms with E-state index in [2.05, 4.69) is 20.6 Å². The Labute approximate surface area is 202 Å². The fraction of sp³-hybridized carbons (Fsp3) is 0.364. The molecule has 2 aromatic heterocycles. The van der Waals surface area contributed by atoms with E-state index in [0.717, 1.165) is 6.07 Å². The van der Waals surface area contributed by atoms with Gasteiger partial charge in [0.1, 0.15) is 28.4 Å². The molecular weight excluding hydrogens is 494 g/mol. The van der Waals surface area contributed by atoms with Crippen LogP contribution in [0, 0.1) is 12.7 Å². The van der Waals surface area contributed by atoms with E-state index in [1.54, 1.807) is 20.8 Å². The van der Waals surface area contributed by atoms with Gasteiger partial charge in [0.05, 0.1) is 11.1 Å². The fourth-order valence-electron chi connectivity index (χ4n) is 3.29. The highest BCUT2D eigenvalue weighted by molar-refractivity contribution is 6.28. The summed E-state index contributed by atoms with van der Waals surface area (Å²) in [4.78, 5) is 32.7. The maximum absolute atomic E-state index is 14.6. The van der Waals surface area contributed by atoms with Crippen molar-refractivity contribution in [3.63, 3.8) is 0 Å². The maximum atomic E-state index is 14.6. The van der Waals surface area contributed by atoms with Crippen LogP contribution in [-0.4, -0.2) is 39.3 Å². The molecule has 0 aliphatic carbocycles. The van der Waals surface area contributed by atoms with Gasteiger partial charge >= 0.3 is 12.3 Å². The highest BCUT2D eigenvalue weighted by Gasteiger charge is 2.37. The molecule has 1 amide bonds. The highest BCUT2D eigenvalue weighted by atomic mass is 35.5. The minimum Gasteiger partial charge on any atom is -0.444 e. The predicted molar refractivity (Wildman–Crippen MR) is 123 cm³/mol. The zero-order chi connectivity index (χ0) is 26.1. The molecule has 0 bridgehead atoms. The van der Waals surface area contributed by atoms with Crippen molar-refractivity contribution in [3.8, 4) is 5.69 Å². The third-order valence-electron chi connectivity index (χ3n) is 4.63. The number of aryl methyl sites for hydroxylation is 1. The number of halogens is 5. The van der Waals surface area contributed by atoms with Gasteiger partial charge in [-0.1, -0.05) is 12.1 Å². The SMILES string of the molecule is Cc1cccc(F)c1-n1c(C(F)(F)F)cc2c(NCCNC(=O)OC(C)(C)C)nc(Cl)nc2c1=O. The number of nitrogens with zero attached hydrogens (tertiary/aromatic N) is 3. The van der Waals surface area contributed by atoms with E-state index in [1.165, 1.54) is 19.1 Å². The molecule has 13 heteroatoms. The Kier molecular flexibility index (Phi) is 7.25. The molecule has 188 valence electrons. The first-order chi connectivity index (χ1) is 16.2. The van der Waals surface area contributed by atoms with Crippen LogP contribution in [0.25, 0.3) is 16.6 Å². The third-order valence-corrected chi connectivity index (χ3v) is 4.80. The number of para-hydroxylation sites is 1. The van der Waals surface area contributed by atoms with E-state index in [0.29, 0.717) is 6.07 Å². The van der Waals surface area contributed by atoms with Gasteiger partial charge < -0.3 is 15.4 Å². The number of fused-ring (bicyclic) bond motifs is 1. The van der Waals surface area contributed by atoms with Crippen LogP contribution in [0.15, 0.2) is 29.1 Å². The zero-order valence-electron chi connectivity index (χ0n) is 19.2. The maximum Gasteiger partial charge on any atom is 0.431 e. The van der Waals surface area contributed by atoms with Gasteiger partial charge in [0.15, 0.2) is 0 Å². The minimum atomic E-state index is -5.02. The first-order valence-electron chi connectivity index (χ1n) is 10.4. The van der Waals surface area contributed by atoms with Crippen molar-refractivity contribution in [2.24, 2.45) is 0 Å². The summed E-state index contributed by atoms with van der Waals surface area (Å²) in [6, 6.07) is 4.31. The van der Waals surface area contributed by atoms with E-state index < -0.39 is 51.4 Å². The van der Waals surface area contributed by atoms with Crippen LogP contribution in [0.2, 0.25) is 5.28 Å². The van der Waals surface area contributed by atoms with Gasteiger partial charge in [-0.15, -0.1) is 0 Å². The number of aromatic nitrogens is 3. The summed E-state index contributed by atoms with van der Waals surface area (Å²) in [5.41, 5.74) is -4.21. The normalized spacial score (nSPS) is 12.0. The van der Waals surface area contributed by atoms with Crippen LogP contribution in [0.4, 0.5) is 28.2 Å². The number of rotatable bonds is 5. The lowest BCUT2D eigenvalue weighted by molar-refractivity contribution is -0.142. The standard InChI is InChI=1S/C22H22ClF4N5O3/c1-11-6-5-7-13(24)16(11)32-14(22(25,26)27)10-12-15(18(32)33)30-19(23)31-17(12)28-8-9-29-20(34)35-21(2,3)4/h5-7,10H,8-9H2,1-4H3,(H,29,34)(H,28,30,31). The number of carbonyl (C=O) groups excluding carboxylic acids is 1. The number of benzene rings is 1. The average Bonchev–Trinajstić information content (AvgIpc) is 2.70. The van der Waals surface area contributed by atoms with Gasteiger partial charge in [-0.05, 0) is 57.0 Å². The largest absolute Gasteiger partial charge is 0.444 e. The molecule has 8 nitrogen and oxygen atoms in total. The molecule has 35 heavy (non-hydrogen) atoms. The number of alkyl carbamates (subject to hydrolysis) is 1. The van der Waals surface area contributed by atoms with Crippen LogP contribution < -0.4 is 16.2 Å². The Hall–Kier alpha value is -3.41. The number of nitrogens with one attached hydrogen (secondary N) is 2. The number of pyridine rings is 1. The molecule has 0 aliphatic rings. The van der Waals surface area contributed by atoms with Gasteiger partial charge in [-0.25, -0.2) is 19.2 Å². The van der Waals surface area contributed by atoms with Crippen molar-refractivity contribution in [2.75, 3.05) is 18.4 Å². The number of anilines is 1. The van der Waals surface area contributed by atoms with Gasteiger partial charge in [0.25, 0.3) is 5.56 Å². The second kappa shape index (κ2) is 9.68. The second-order valence-electron chi connectivity index (χ2n) is 8.53. The number of ether oxygens (including phenoxy) is 1. The van der Waals surface area contributed by atoms with Crippen molar-refractivity contribution in [3.05, 3.63) is 57.0 Å². The molecule has 2 heterocycles. The van der Waals surface area contributed by atoms with Crippen LogP contribution in [0.3, 0.4) is 0 Å². The summed E-state index contributed by atoms with van der Waals surface area (Å²) in [5.74, 6) is -1.17. The molecule has 0 saturated carbocycles. The molecule has 0 aliphatic heterocycles. The van der Waals surface area contributed by atoms with E-state index in [1.807, 2.05) is 0 Å². The molecule has 0 fully saturated rings. The van der Waals surface area contributed by atoms with E-state index in [9.17, 15) is 27.2 Å². The molecule has 0 spiro atoms.